The van der Waals surface area contributed by atoms with Crippen LogP contribution >= 0.6 is 15.6 Å². The fourth-order valence-corrected chi connectivity index (χ4v) is 8.30. The molecule has 17 nitrogen and oxygen atoms in total. The molecule has 0 bridgehead atoms. The number of allylic oxidation sites excluding steroid dienone is 12. The molecule has 8 N–H and O–H groups in total. The van der Waals surface area contributed by atoms with E-state index < -0.39 is 89.6 Å². The van der Waals surface area contributed by atoms with Crippen molar-refractivity contribution in [1.29, 1.82) is 0 Å². The third-order valence-electron chi connectivity index (χ3n) is 10.5. The van der Waals surface area contributed by atoms with E-state index in [9.17, 15) is 58.9 Å². The lowest BCUT2D eigenvalue weighted by molar-refractivity contribution is -0.216. The van der Waals surface area contributed by atoms with E-state index in [-0.39, 0.29) is 12.8 Å². The van der Waals surface area contributed by atoms with Crippen LogP contribution in [0.1, 0.15) is 149 Å². The molecule has 1 fully saturated rings. The minimum atomic E-state index is -5.38. The molecule has 0 aromatic rings. The lowest BCUT2D eigenvalue weighted by Gasteiger charge is -2.43. The Bertz CT molecular complexity index is 1650. The van der Waals surface area contributed by atoms with Crippen LogP contribution in [0.15, 0.2) is 85.1 Å². The molecule has 0 amide bonds. The predicted octanol–water partition coefficient (Wildman–Crippen LogP) is 8.36. The second-order valence-corrected chi connectivity index (χ2v) is 19.2. The van der Waals surface area contributed by atoms with Gasteiger partial charge in [0, 0.05) is 12.8 Å². The quantitative estimate of drug-likeness (QED) is 0.00944. The summed E-state index contributed by atoms with van der Waals surface area (Å²) in [7, 11) is -10.7. The zero-order valence-corrected chi connectivity index (χ0v) is 41.9. The van der Waals surface area contributed by atoms with Crippen molar-refractivity contribution in [3.63, 3.8) is 0 Å². The lowest BCUT2D eigenvalue weighted by Crippen LogP contribution is -2.64. The highest BCUT2D eigenvalue weighted by Gasteiger charge is 2.54. The maximum atomic E-state index is 13.0. The molecule has 0 saturated heterocycles. The zero-order chi connectivity index (χ0) is 50.5. The van der Waals surface area contributed by atoms with Gasteiger partial charge in [0.15, 0.2) is 6.10 Å². The van der Waals surface area contributed by atoms with Crippen molar-refractivity contribution in [3.05, 3.63) is 85.1 Å². The van der Waals surface area contributed by atoms with Gasteiger partial charge in [0.05, 0.1) is 12.7 Å². The summed E-state index contributed by atoms with van der Waals surface area (Å²) >= 11 is 0. The molecule has 0 spiro atoms. The third-order valence-corrected chi connectivity index (χ3v) is 12.0. The molecular formula is C49H82O17P2. The number of ether oxygens (including phenoxy) is 2. The van der Waals surface area contributed by atoms with E-state index in [0.717, 1.165) is 70.6 Å². The molecule has 0 aliphatic heterocycles. The van der Waals surface area contributed by atoms with Crippen LogP contribution in [-0.2, 0) is 41.8 Å². The molecule has 0 heterocycles. The topological polar surface area (TPSA) is 276 Å². The highest BCUT2D eigenvalue weighted by molar-refractivity contribution is 7.47. The number of carbonyl (C=O) groups is 2. The monoisotopic (exact) mass is 1000 g/mol. The van der Waals surface area contributed by atoms with Crippen LogP contribution in [0.2, 0.25) is 0 Å². The largest absolute Gasteiger partial charge is 0.472 e. The number of phosphoric acid groups is 2. The van der Waals surface area contributed by atoms with Crippen molar-refractivity contribution in [2.45, 2.75) is 198 Å². The average molecular weight is 1010 g/mol. The number of phosphoric ester groups is 2. The summed E-state index contributed by atoms with van der Waals surface area (Å²) in [5.41, 5.74) is 0. The summed E-state index contributed by atoms with van der Waals surface area (Å²) in [6.45, 7) is 2.84. The van der Waals surface area contributed by atoms with Crippen LogP contribution in [-0.4, -0.2) is 114 Å². The van der Waals surface area contributed by atoms with E-state index in [1.54, 1.807) is 12.2 Å². The van der Waals surface area contributed by atoms with Gasteiger partial charge >= 0.3 is 27.6 Å². The van der Waals surface area contributed by atoms with E-state index in [1.807, 2.05) is 36.5 Å². The summed E-state index contributed by atoms with van der Waals surface area (Å²) in [5, 5.41) is 51.3. The Labute approximate surface area is 404 Å². The Morgan fingerprint density at radius 3 is 1.71 bits per heavy atom. The number of rotatable bonds is 39. The summed E-state index contributed by atoms with van der Waals surface area (Å²) in [6, 6.07) is 0. The molecule has 0 aromatic carbocycles. The molecule has 1 rings (SSSR count). The highest BCUT2D eigenvalue weighted by atomic mass is 31.2. The number of aliphatic hydroxyl groups is 5. The Kier molecular flexibility index (Phi) is 36.1. The molecule has 1 aliphatic carbocycles. The first-order chi connectivity index (χ1) is 32.5. The summed E-state index contributed by atoms with van der Waals surface area (Å²) in [5.74, 6) is -1.33. The number of hydrogen-bond donors (Lipinski definition) is 8. The zero-order valence-electron chi connectivity index (χ0n) is 40.1. The van der Waals surface area contributed by atoms with Crippen LogP contribution in [0.3, 0.4) is 0 Å². The first kappa shape index (κ1) is 63.2. The molecule has 390 valence electrons. The van der Waals surface area contributed by atoms with Gasteiger partial charge in [-0.05, 0) is 77.0 Å². The Balaban J connectivity index is 2.65. The van der Waals surface area contributed by atoms with Gasteiger partial charge in [0.1, 0.15) is 43.2 Å². The van der Waals surface area contributed by atoms with Crippen molar-refractivity contribution in [2.75, 3.05) is 13.2 Å². The number of aliphatic hydroxyl groups excluding tert-OH is 5. The molecule has 68 heavy (non-hydrogen) atoms. The predicted molar refractivity (Wildman–Crippen MR) is 261 cm³/mol. The first-order valence-electron chi connectivity index (χ1n) is 24.2. The second-order valence-electron chi connectivity index (χ2n) is 16.6. The van der Waals surface area contributed by atoms with Crippen molar-refractivity contribution in [1.82, 2.24) is 0 Å². The number of unbranched alkanes of at least 4 members (excludes halogenated alkanes) is 11. The van der Waals surface area contributed by atoms with Crippen LogP contribution < -0.4 is 0 Å². The molecule has 1 aliphatic rings. The third kappa shape index (κ3) is 32.9. The standard InChI is InChI=1S/C49H82O17P2/c1-3-5-7-9-11-12-13-14-15-16-17-18-19-20-25-29-33-37-43(52)64-41(39-63-68(60,61)66-49-46(55)44(53)45(54)48(47(49)56)65-67(57,58)59)38-62-42(51)36-32-28-24-22-21-23-27-31-35-40(50)34-30-26-10-8-6-4-2/h6,8,11-12,14-15,22-24,26-27,30-31,35,40-41,44-50,53-56H,3-5,7,9-10,13,16-21,25,28-29,32-34,36-39H2,1-2H3,(H,60,61)(H2,57,58,59)/b8-6-,12-11-,15-14-,24-22-,27-23-,30-26-,35-31+/t40?,41-,44?,45?,46?,47?,48-,49+/m1/s1. The smallest absolute Gasteiger partial charge is 0.462 e. The Morgan fingerprint density at radius 1 is 0.559 bits per heavy atom. The van der Waals surface area contributed by atoms with Crippen LogP contribution in [0.5, 0.6) is 0 Å². The lowest BCUT2D eigenvalue weighted by atomic mass is 9.85. The van der Waals surface area contributed by atoms with Crippen molar-refractivity contribution < 1.29 is 82.0 Å². The van der Waals surface area contributed by atoms with E-state index in [4.69, 9.17) is 18.5 Å². The fourth-order valence-electron chi connectivity index (χ4n) is 6.76. The molecule has 1 saturated carbocycles. The molecule has 0 radical (unpaired) electrons. The van der Waals surface area contributed by atoms with Gasteiger partial charge < -0.3 is 49.7 Å². The van der Waals surface area contributed by atoms with E-state index in [1.165, 1.54) is 19.3 Å². The number of carbonyl (C=O) groups excluding carboxylic acids is 2. The van der Waals surface area contributed by atoms with Gasteiger partial charge in [0.2, 0.25) is 0 Å². The van der Waals surface area contributed by atoms with Crippen molar-refractivity contribution >= 4 is 27.6 Å². The molecule has 0 aromatic heterocycles. The van der Waals surface area contributed by atoms with Gasteiger partial charge in [0.25, 0.3) is 0 Å². The summed E-state index contributed by atoms with van der Waals surface area (Å²) in [4.78, 5) is 54.3. The molecular weight excluding hydrogens is 922 g/mol. The fraction of sp³-hybridized carbons (Fsp3) is 0.673. The van der Waals surface area contributed by atoms with Crippen molar-refractivity contribution in [2.24, 2.45) is 0 Å². The van der Waals surface area contributed by atoms with Gasteiger partial charge in [-0.15, -0.1) is 0 Å². The van der Waals surface area contributed by atoms with Gasteiger partial charge in [-0.1, -0.05) is 144 Å². The van der Waals surface area contributed by atoms with Crippen molar-refractivity contribution in [3.8, 4) is 0 Å². The van der Waals surface area contributed by atoms with Crippen LogP contribution in [0, 0.1) is 0 Å². The molecule has 6 unspecified atom stereocenters. The maximum Gasteiger partial charge on any atom is 0.472 e. The molecule has 9 atom stereocenters. The number of hydrogen-bond acceptors (Lipinski definition) is 14. The Hall–Kier alpha value is -2.86. The van der Waals surface area contributed by atoms with Gasteiger partial charge in [-0.3, -0.25) is 23.2 Å². The second kappa shape index (κ2) is 38.8. The highest BCUT2D eigenvalue weighted by Crippen LogP contribution is 2.49. The minimum absolute atomic E-state index is 0.00427. The molecule has 19 heteroatoms. The van der Waals surface area contributed by atoms with E-state index in [2.05, 4.69) is 54.8 Å². The maximum absolute atomic E-state index is 13.0. The van der Waals surface area contributed by atoms with Crippen LogP contribution in [0.4, 0.5) is 0 Å². The minimum Gasteiger partial charge on any atom is -0.462 e. The van der Waals surface area contributed by atoms with Crippen LogP contribution in [0.25, 0.3) is 0 Å². The van der Waals surface area contributed by atoms with Gasteiger partial charge in [-0.25, -0.2) is 9.13 Å². The SMILES string of the molecule is CC/C=C\C/C=C\CC(O)/C=C/C=C\C/C=C\CCCC(=O)OC[C@H](COP(=O)(O)O[C@H]1C(O)C(O)C(O)[C@@H](OP(=O)(O)O)C1O)OC(=O)CCCCCCCCC/C=C\C/C=C\CCCCC. The van der Waals surface area contributed by atoms with E-state index >= 15 is 0 Å². The number of esters is 2. The average Bonchev–Trinajstić information content (AvgIpc) is 3.29. The summed E-state index contributed by atoms with van der Waals surface area (Å²) < 4.78 is 49.3. The Morgan fingerprint density at radius 2 is 1.09 bits per heavy atom. The first-order valence-corrected chi connectivity index (χ1v) is 27.3. The normalized spacial score (nSPS) is 22.4. The summed E-state index contributed by atoms with van der Waals surface area (Å²) in [6.07, 6.45) is 29.9. The van der Waals surface area contributed by atoms with Gasteiger partial charge in [-0.2, -0.15) is 0 Å². The van der Waals surface area contributed by atoms with E-state index in [0.29, 0.717) is 32.1 Å².